The van der Waals surface area contributed by atoms with Crippen molar-refractivity contribution < 1.29 is 9.53 Å². The lowest BCUT2D eigenvalue weighted by molar-refractivity contribution is -0.142. The predicted octanol–water partition coefficient (Wildman–Crippen LogP) is 4.63. The molecule has 2 atom stereocenters. The van der Waals surface area contributed by atoms with Crippen molar-refractivity contribution in [2.45, 2.75) is 37.5 Å². The van der Waals surface area contributed by atoms with Crippen LogP contribution in [0.15, 0.2) is 29.2 Å². The van der Waals surface area contributed by atoms with E-state index in [0.717, 1.165) is 11.3 Å². The van der Waals surface area contributed by atoms with Crippen molar-refractivity contribution in [3.05, 3.63) is 29.8 Å². The zero-order valence-electron chi connectivity index (χ0n) is 11.0. The SMILES string of the molecule is CCC.COC(=O)C1CC1c1ccc(SCl)cc1. The van der Waals surface area contributed by atoms with Crippen LogP contribution >= 0.6 is 21.7 Å². The lowest BCUT2D eigenvalue weighted by Crippen LogP contribution is -2.03. The number of ether oxygens (including phenoxy) is 1. The summed E-state index contributed by atoms with van der Waals surface area (Å²) in [4.78, 5) is 12.3. The van der Waals surface area contributed by atoms with Gasteiger partial charge in [-0.05, 0) is 51.7 Å². The molecule has 18 heavy (non-hydrogen) atoms. The summed E-state index contributed by atoms with van der Waals surface area (Å²) in [5.74, 6) is 0.298. The van der Waals surface area contributed by atoms with E-state index in [1.165, 1.54) is 30.1 Å². The normalized spacial score (nSPS) is 20.7. The van der Waals surface area contributed by atoms with Gasteiger partial charge in [0.05, 0.1) is 13.0 Å². The average molecular weight is 287 g/mol. The summed E-state index contributed by atoms with van der Waals surface area (Å²) < 4.78 is 4.71. The molecular weight excluding hydrogens is 268 g/mol. The molecule has 100 valence electrons. The van der Waals surface area contributed by atoms with E-state index in [1.54, 1.807) is 0 Å². The second-order valence-electron chi connectivity index (χ2n) is 4.33. The van der Waals surface area contributed by atoms with Crippen molar-refractivity contribution in [1.29, 1.82) is 0 Å². The van der Waals surface area contributed by atoms with Gasteiger partial charge in [-0.25, -0.2) is 0 Å². The molecule has 0 aliphatic heterocycles. The molecule has 0 N–H and O–H groups in total. The van der Waals surface area contributed by atoms with Crippen LogP contribution in [0, 0.1) is 5.92 Å². The van der Waals surface area contributed by atoms with E-state index in [1.807, 2.05) is 24.3 Å². The maximum atomic E-state index is 11.2. The molecule has 0 radical (unpaired) electrons. The zero-order chi connectivity index (χ0) is 13.5. The van der Waals surface area contributed by atoms with Gasteiger partial charge in [0.1, 0.15) is 0 Å². The first-order chi connectivity index (χ1) is 8.67. The minimum absolute atomic E-state index is 0.0597. The van der Waals surface area contributed by atoms with Crippen molar-refractivity contribution >= 4 is 27.6 Å². The first-order valence-corrected chi connectivity index (χ1v) is 7.78. The smallest absolute Gasteiger partial charge is 0.309 e. The molecule has 0 amide bonds. The number of carbonyl (C=O) groups excluding carboxylic acids is 1. The zero-order valence-corrected chi connectivity index (χ0v) is 12.6. The third-order valence-corrected chi connectivity index (χ3v) is 3.68. The largest absolute Gasteiger partial charge is 0.469 e. The molecule has 4 heteroatoms. The van der Waals surface area contributed by atoms with Crippen LogP contribution in [0.1, 0.15) is 38.2 Å². The van der Waals surface area contributed by atoms with Gasteiger partial charge in [-0.15, -0.1) is 0 Å². The molecule has 1 aliphatic rings. The average Bonchev–Trinajstić information content (AvgIpc) is 3.19. The molecule has 2 unspecified atom stereocenters. The monoisotopic (exact) mass is 286 g/mol. The minimum atomic E-state index is -0.101. The van der Waals surface area contributed by atoms with Crippen LogP contribution in [-0.2, 0) is 9.53 Å². The Bertz CT molecular complexity index is 378. The van der Waals surface area contributed by atoms with Crippen LogP contribution < -0.4 is 0 Å². The van der Waals surface area contributed by atoms with Crippen molar-refractivity contribution in [2.75, 3.05) is 7.11 Å². The second kappa shape index (κ2) is 7.70. The highest BCUT2D eigenvalue weighted by molar-refractivity contribution is 8.21. The fourth-order valence-corrected chi connectivity index (χ4v) is 2.29. The Morgan fingerprint density at radius 3 is 2.39 bits per heavy atom. The lowest BCUT2D eigenvalue weighted by atomic mass is 10.1. The summed E-state index contributed by atoms with van der Waals surface area (Å²) in [5, 5.41) is 0. The Hall–Kier alpha value is -0.670. The molecule has 0 spiro atoms. The minimum Gasteiger partial charge on any atom is -0.469 e. The number of benzene rings is 1. The van der Waals surface area contributed by atoms with Crippen molar-refractivity contribution in [1.82, 2.24) is 0 Å². The highest BCUT2D eigenvalue weighted by atomic mass is 35.7. The van der Waals surface area contributed by atoms with Gasteiger partial charge >= 0.3 is 5.97 Å². The van der Waals surface area contributed by atoms with E-state index in [-0.39, 0.29) is 11.9 Å². The van der Waals surface area contributed by atoms with Crippen molar-refractivity contribution in [3.8, 4) is 0 Å². The van der Waals surface area contributed by atoms with Gasteiger partial charge in [0.15, 0.2) is 0 Å². The highest BCUT2D eigenvalue weighted by Crippen LogP contribution is 2.48. The summed E-state index contributed by atoms with van der Waals surface area (Å²) in [6, 6.07) is 8.00. The topological polar surface area (TPSA) is 26.3 Å². The van der Waals surface area contributed by atoms with Gasteiger partial charge in [-0.3, -0.25) is 4.79 Å². The van der Waals surface area contributed by atoms with Crippen LogP contribution in [0.3, 0.4) is 0 Å². The molecule has 1 saturated carbocycles. The molecule has 2 rings (SSSR count). The number of halogens is 1. The van der Waals surface area contributed by atoms with E-state index in [9.17, 15) is 4.79 Å². The third-order valence-electron chi connectivity index (χ3n) is 2.69. The molecule has 0 bridgehead atoms. The van der Waals surface area contributed by atoms with Crippen LogP contribution in [-0.4, -0.2) is 13.1 Å². The standard InChI is InChI=1S/C11H11ClO2S.C3H8/c1-14-11(13)10-6-9(10)7-2-4-8(15-12)5-3-7;1-3-2/h2-5,9-10H,6H2,1H3;3H2,1-2H3. The van der Waals surface area contributed by atoms with Crippen molar-refractivity contribution in [3.63, 3.8) is 0 Å². The summed E-state index contributed by atoms with van der Waals surface area (Å²) in [5.41, 5.74) is 1.19. The second-order valence-corrected chi connectivity index (χ2v) is 5.41. The predicted molar refractivity (Wildman–Crippen MR) is 77.0 cm³/mol. The maximum absolute atomic E-state index is 11.2. The van der Waals surface area contributed by atoms with E-state index in [2.05, 4.69) is 13.8 Å². The summed E-state index contributed by atoms with van der Waals surface area (Å²) in [7, 11) is 8.26. The van der Waals surface area contributed by atoms with Crippen LogP contribution in [0.5, 0.6) is 0 Å². The molecule has 1 aromatic rings. The maximum Gasteiger partial charge on any atom is 0.309 e. The first kappa shape index (κ1) is 15.4. The number of hydrogen-bond acceptors (Lipinski definition) is 3. The van der Waals surface area contributed by atoms with Gasteiger partial charge in [-0.2, -0.15) is 0 Å². The molecule has 2 nitrogen and oxygen atoms in total. The lowest BCUT2D eigenvalue weighted by Gasteiger charge is -2.00. The number of rotatable bonds is 3. The Labute approximate surface area is 118 Å². The number of methoxy groups -OCH3 is 1. The molecule has 1 fully saturated rings. The molecule has 0 saturated heterocycles. The van der Waals surface area contributed by atoms with Crippen LogP contribution in [0.4, 0.5) is 0 Å². The fraction of sp³-hybridized carbons (Fsp3) is 0.500. The van der Waals surface area contributed by atoms with Gasteiger partial charge in [0, 0.05) is 4.90 Å². The number of esters is 1. The summed E-state index contributed by atoms with van der Waals surface area (Å²) in [6.45, 7) is 4.25. The van der Waals surface area contributed by atoms with Crippen molar-refractivity contribution in [2.24, 2.45) is 5.92 Å². The molecule has 1 aromatic carbocycles. The van der Waals surface area contributed by atoms with E-state index in [4.69, 9.17) is 15.4 Å². The third kappa shape index (κ3) is 4.21. The first-order valence-electron chi connectivity index (χ1n) is 6.14. The van der Waals surface area contributed by atoms with E-state index in [0.29, 0.717) is 5.92 Å². The van der Waals surface area contributed by atoms with Crippen LogP contribution in [0.25, 0.3) is 0 Å². The van der Waals surface area contributed by atoms with Gasteiger partial charge < -0.3 is 4.74 Å². The summed E-state index contributed by atoms with van der Waals surface area (Å²) in [6.07, 6.45) is 2.15. The summed E-state index contributed by atoms with van der Waals surface area (Å²) >= 11 is 0. The Kier molecular flexibility index (Phi) is 6.58. The molecule has 0 heterocycles. The van der Waals surface area contributed by atoms with Gasteiger partial charge in [0.2, 0.25) is 0 Å². The Morgan fingerprint density at radius 1 is 1.39 bits per heavy atom. The van der Waals surface area contributed by atoms with E-state index >= 15 is 0 Å². The fourth-order valence-electron chi connectivity index (χ4n) is 1.74. The van der Waals surface area contributed by atoms with Gasteiger partial charge in [-0.1, -0.05) is 32.4 Å². The molecule has 0 aromatic heterocycles. The molecule has 1 aliphatic carbocycles. The number of hydrogen-bond donors (Lipinski definition) is 0. The number of carbonyl (C=O) groups is 1. The van der Waals surface area contributed by atoms with Crippen LogP contribution in [0.2, 0.25) is 0 Å². The highest BCUT2D eigenvalue weighted by Gasteiger charge is 2.44. The quantitative estimate of drug-likeness (QED) is 0.758. The Balaban J connectivity index is 0.000000492. The molecular formula is C14H19ClO2S. The van der Waals surface area contributed by atoms with E-state index < -0.39 is 0 Å². The van der Waals surface area contributed by atoms with Gasteiger partial charge in [0.25, 0.3) is 0 Å². The Morgan fingerprint density at radius 2 is 1.94 bits per heavy atom.